The molecular weight excluding hydrogens is 418 g/mol. The molecule has 0 aliphatic heterocycles. The van der Waals surface area contributed by atoms with E-state index in [0.29, 0.717) is 6.61 Å². The minimum absolute atomic E-state index is 0.199. The number of aryl methyl sites for hydroxylation is 1. The molecule has 0 unspecified atom stereocenters. The van der Waals surface area contributed by atoms with Crippen molar-refractivity contribution in [2.45, 2.75) is 32.8 Å². The standard InChI is InChI=1S/C26H23N3O2S/c1-3-4-20(14-25(27)30)19-6-8-21(9-7-19)31-15-18-5-10-24-22(13-18)23(16-32-24)26-17(2)28-11-12-29-26/h5-13,16,20H,14-15H2,1-2H3,(H2,27,30)/t20-/m0/s1. The van der Waals surface area contributed by atoms with E-state index in [4.69, 9.17) is 10.5 Å². The highest BCUT2D eigenvalue weighted by molar-refractivity contribution is 7.17. The van der Waals surface area contributed by atoms with Gasteiger partial charge in [-0.25, -0.2) is 0 Å². The maximum Gasteiger partial charge on any atom is 0.219 e. The number of hydrogen-bond acceptors (Lipinski definition) is 5. The van der Waals surface area contributed by atoms with Crippen LogP contribution in [0, 0.1) is 18.8 Å². The van der Waals surface area contributed by atoms with Crippen molar-refractivity contribution in [2.24, 2.45) is 5.73 Å². The Morgan fingerprint density at radius 1 is 1.16 bits per heavy atom. The average molecular weight is 442 g/mol. The number of fused-ring (bicyclic) bond motifs is 1. The summed E-state index contributed by atoms with van der Waals surface area (Å²) in [6, 6.07) is 14.0. The molecule has 0 spiro atoms. The number of amides is 1. The van der Waals surface area contributed by atoms with Crippen molar-refractivity contribution < 1.29 is 9.53 Å². The van der Waals surface area contributed by atoms with E-state index in [9.17, 15) is 4.79 Å². The van der Waals surface area contributed by atoms with Gasteiger partial charge in [-0.1, -0.05) is 24.1 Å². The third-order valence-corrected chi connectivity index (χ3v) is 6.15. The molecule has 2 aromatic heterocycles. The summed E-state index contributed by atoms with van der Waals surface area (Å²) in [6.45, 7) is 4.18. The van der Waals surface area contributed by atoms with Gasteiger partial charge in [0.1, 0.15) is 12.4 Å². The normalized spacial score (nSPS) is 11.6. The molecule has 0 aliphatic carbocycles. The molecule has 2 aromatic carbocycles. The smallest absolute Gasteiger partial charge is 0.219 e. The number of carbonyl (C=O) groups excluding carboxylic acids is 1. The number of carbonyl (C=O) groups is 1. The van der Waals surface area contributed by atoms with Crippen LogP contribution in [0.5, 0.6) is 5.75 Å². The highest BCUT2D eigenvalue weighted by atomic mass is 32.1. The van der Waals surface area contributed by atoms with Crippen molar-refractivity contribution >= 4 is 27.3 Å². The van der Waals surface area contributed by atoms with E-state index >= 15 is 0 Å². The Kier molecular flexibility index (Phi) is 6.48. The molecule has 1 amide bonds. The number of aromatic nitrogens is 2. The number of nitrogens with two attached hydrogens (primary N) is 1. The van der Waals surface area contributed by atoms with Gasteiger partial charge in [-0.05, 0) is 49.2 Å². The van der Waals surface area contributed by atoms with Gasteiger partial charge in [0.25, 0.3) is 0 Å². The first-order chi connectivity index (χ1) is 15.5. The molecule has 4 aromatic rings. The molecule has 2 heterocycles. The van der Waals surface area contributed by atoms with Crippen LogP contribution < -0.4 is 10.5 Å². The number of hydrogen-bond donors (Lipinski definition) is 1. The number of thiophene rings is 1. The molecule has 4 rings (SSSR count). The summed E-state index contributed by atoms with van der Waals surface area (Å²) >= 11 is 1.70. The first kappa shape index (κ1) is 21.5. The molecular formula is C26H23N3O2S. The van der Waals surface area contributed by atoms with Crippen LogP contribution in [0.1, 0.15) is 36.1 Å². The van der Waals surface area contributed by atoms with E-state index in [1.165, 1.54) is 4.70 Å². The maximum absolute atomic E-state index is 11.3. The Morgan fingerprint density at radius 2 is 1.94 bits per heavy atom. The molecule has 6 heteroatoms. The van der Waals surface area contributed by atoms with Gasteiger partial charge in [-0.2, -0.15) is 0 Å². The number of rotatable bonds is 7. The minimum atomic E-state index is -0.363. The third-order valence-electron chi connectivity index (χ3n) is 5.19. The first-order valence-electron chi connectivity index (χ1n) is 10.3. The summed E-state index contributed by atoms with van der Waals surface area (Å²) in [6.07, 6.45) is 3.64. The summed E-state index contributed by atoms with van der Waals surface area (Å²) in [5, 5.41) is 3.29. The van der Waals surface area contributed by atoms with Gasteiger partial charge >= 0.3 is 0 Å². The second-order valence-electron chi connectivity index (χ2n) is 7.45. The van der Waals surface area contributed by atoms with Crippen molar-refractivity contribution in [3.05, 3.63) is 77.1 Å². The molecule has 0 bridgehead atoms. The molecule has 0 saturated carbocycles. The van der Waals surface area contributed by atoms with Gasteiger partial charge < -0.3 is 10.5 Å². The minimum Gasteiger partial charge on any atom is -0.489 e. The lowest BCUT2D eigenvalue weighted by molar-refractivity contribution is -0.118. The summed E-state index contributed by atoms with van der Waals surface area (Å²) in [5.74, 6) is 6.11. The fourth-order valence-electron chi connectivity index (χ4n) is 3.61. The maximum atomic E-state index is 11.3. The Hall–Kier alpha value is -3.69. The predicted octanol–water partition coefficient (Wildman–Crippen LogP) is 5.23. The van der Waals surface area contributed by atoms with E-state index in [0.717, 1.165) is 39.2 Å². The molecule has 0 radical (unpaired) electrons. The highest BCUT2D eigenvalue weighted by Gasteiger charge is 2.13. The zero-order valence-corrected chi connectivity index (χ0v) is 18.8. The first-order valence-corrected chi connectivity index (χ1v) is 11.1. The van der Waals surface area contributed by atoms with Crippen molar-refractivity contribution in [1.82, 2.24) is 9.97 Å². The van der Waals surface area contributed by atoms with Gasteiger partial charge in [0.2, 0.25) is 5.91 Å². The van der Waals surface area contributed by atoms with Crippen molar-refractivity contribution in [1.29, 1.82) is 0 Å². The van der Waals surface area contributed by atoms with E-state index in [2.05, 4.69) is 45.4 Å². The van der Waals surface area contributed by atoms with Gasteiger partial charge in [0.15, 0.2) is 0 Å². The van der Waals surface area contributed by atoms with E-state index in [1.54, 1.807) is 30.7 Å². The lowest BCUT2D eigenvalue weighted by Crippen LogP contribution is -2.14. The molecule has 32 heavy (non-hydrogen) atoms. The molecule has 160 valence electrons. The highest BCUT2D eigenvalue weighted by Crippen LogP contribution is 2.34. The Bertz CT molecular complexity index is 1320. The molecule has 2 N–H and O–H groups in total. The van der Waals surface area contributed by atoms with Crippen LogP contribution in [-0.2, 0) is 11.4 Å². The Balaban J connectivity index is 1.51. The summed E-state index contributed by atoms with van der Waals surface area (Å²) in [4.78, 5) is 20.2. The zero-order valence-electron chi connectivity index (χ0n) is 18.0. The summed E-state index contributed by atoms with van der Waals surface area (Å²) in [7, 11) is 0. The second-order valence-corrected chi connectivity index (χ2v) is 8.36. The van der Waals surface area contributed by atoms with Crippen LogP contribution in [0.4, 0.5) is 0 Å². The van der Waals surface area contributed by atoms with Crippen molar-refractivity contribution in [3.8, 4) is 28.8 Å². The molecule has 0 fully saturated rings. The zero-order chi connectivity index (χ0) is 22.5. The monoisotopic (exact) mass is 441 g/mol. The SMILES string of the molecule is CC#C[C@@H](CC(N)=O)c1ccc(OCc2ccc3scc(-c4nccnc4C)c3c2)cc1. The largest absolute Gasteiger partial charge is 0.489 e. The fraction of sp³-hybridized carbons (Fsp3) is 0.192. The Labute approximate surface area is 191 Å². The van der Waals surface area contributed by atoms with E-state index in [-0.39, 0.29) is 18.2 Å². The van der Waals surface area contributed by atoms with Gasteiger partial charge in [-0.3, -0.25) is 14.8 Å². The summed E-state index contributed by atoms with van der Waals surface area (Å²) in [5.41, 5.74) is 10.3. The summed E-state index contributed by atoms with van der Waals surface area (Å²) < 4.78 is 7.21. The number of primary amides is 1. The topological polar surface area (TPSA) is 78.1 Å². The van der Waals surface area contributed by atoms with E-state index < -0.39 is 0 Å². The van der Waals surface area contributed by atoms with Crippen LogP contribution in [0.3, 0.4) is 0 Å². The predicted molar refractivity (Wildman–Crippen MR) is 128 cm³/mol. The molecule has 0 saturated heterocycles. The molecule has 0 aliphatic rings. The van der Waals surface area contributed by atoms with Crippen molar-refractivity contribution in [2.75, 3.05) is 0 Å². The van der Waals surface area contributed by atoms with Crippen molar-refractivity contribution in [3.63, 3.8) is 0 Å². The van der Waals surface area contributed by atoms with Crippen LogP contribution in [-0.4, -0.2) is 15.9 Å². The average Bonchev–Trinajstić information content (AvgIpc) is 3.21. The lowest BCUT2D eigenvalue weighted by atomic mass is 9.96. The van der Waals surface area contributed by atoms with E-state index in [1.807, 2.05) is 31.2 Å². The molecule has 1 atom stereocenters. The van der Waals surface area contributed by atoms with Gasteiger partial charge in [0, 0.05) is 39.8 Å². The quantitative estimate of drug-likeness (QED) is 0.399. The number of benzene rings is 2. The van der Waals surface area contributed by atoms with Crippen LogP contribution >= 0.6 is 11.3 Å². The van der Waals surface area contributed by atoms with Gasteiger partial charge in [-0.15, -0.1) is 17.3 Å². The van der Waals surface area contributed by atoms with Crippen LogP contribution in [0.2, 0.25) is 0 Å². The fourth-order valence-corrected chi connectivity index (χ4v) is 4.54. The third kappa shape index (κ3) is 4.79. The van der Waals surface area contributed by atoms with Crippen LogP contribution in [0.15, 0.2) is 60.2 Å². The second kappa shape index (κ2) is 9.63. The molecule has 5 nitrogen and oxygen atoms in total. The Morgan fingerprint density at radius 3 is 2.66 bits per heavy atom. The number of ether oxygens (including phenoxy) is 1. The number of nitrogens with zero attached hydrogens (tertiary/aromatic N) is 2. The van der Waals surface area contributed by atoms with Gasteiger partial charge in [0.05, 0.1) is 17.3 Å². The van der Waals surface area contributed by atoms with Crippen LogP contribution in [0.25, 0.3) is 21.3 Å². The lowest BCUT2D eigenvalue weighted by Gasteiger charge is -2.11.